The molecule has 0 aliphatic rings. The maximum atomic E-state index is 14.8. The van der Waals surface area contributed by atoms with Crippen LogP contribution in [-0.4, -0.2) is 17.1 Å². The molecule has 3 aromatic rings. The van der Waals surface area contributed by atoms with Gasteiger partial charge in [-0.05, 0) is 42.6 Å². The molecule has 2 aromatic heterocycles. The molecule has 0 amide bonds. The van der Waals surface area contributed by atoms with Crippen LogP contribution >= 0.6 is 11.6 Å². The Bertz CT molecular complexity index is 1080. The van der Waals surface area contributed by atoms with Crippen LogP contribution in [0, 0.1) is 5.82 Å². The van der Waals surface area contributed by atoms with Crippen LogP contribution in [0.25, 0.3) is 35.5 Å². The summed E-state index contributed by atoms with van der Waals surface area (Å²) in [4.78, 5) is 8.80. The number of rotatable bonds is 4. The molecule has 2 heterocycles. The van der Waals surface area contributed by atoms with Crippen LogP contribution in [0.15, 0.2) is 47.2 Å². The molecule has 0 unspecified atom stereocenters. The van der Waals surface area contributed by atoms with E-state index < -0.39 is 5.82 Å². The summed E-state index contributed by atoms with van der Waals surface area (Å²) in [5.74, 6) is -0.0812. The molecule has 0 saturated heterocycles. The molecule has 0 spiro atoms. The minimum atomic E-state index is -0.650. The fourth-order valence-electron chi connectivity index (χ4n) is 2.46. The van der Waals surface area contributed by atoms with Gasteiger partial charge in [-0.25, -0.2) is 14.4 Å². The smallest absolute Gasteiger partial charge is 0.177 e. The fourth-order valence-corrected chi connectivity index (χ4v) is 2.68. The number of nitrogens with two attached hydrogens (primary N) is 1. The van der Waals surface area contributed by atoms with Gasteiger partial charge >= 0.3 is 0 Å². The number of aromatic nitrogens is 2. The van der Waals surface area contributed by atoms with E-state index in [0.29, 0.717) is 22.0 Å². The predicted molar refractivity (Wildman–Crippen MR) is 99.3 cm³/mol. The summed E-state index contributed by atoms with van der Waals surface area (Å²) in [6, 6.07) is 6.49. The van der Waals surface area contributed by atoms with E-state index >= 15 is 0 Å². The highest BCUT2D eigenvalue weighted by atomic mass is 35.5. The average Bonchev–Trinajstić information content (AvgIpc) is 3.15. The van der Waals surface area contributed by atoms with Crippen LogP contribution in [0.4, 0.5) is 4.39 Å². The van der Waals surface area contributed by atoms with E-state index in [1.54, 1.807) is 24.3 Å². The molecule has 0 bridgehead atoms. The molecule has 132 valence electrons. The fraction of sp³-hybridized carbons (Fsp3) is 0.0526. The molecule has 1 aromatic carbocycles. The summed E-state index contributed by atoms with van der Waals surface area (Å²) < 4.78 is 25.2. The Morgan fingerprint density at radius 2 is 2.12 bits per heavy atom. The number of halogens is 2. The molecule has 26 heavy (non-hydrogen) atoms. The van der Waals surface area contributed by atoms with Crippen molar-refractivity contribution < 1.29 is 13.5 Å². The van der Waals surface area contributed by atoms with E-state index in [0.717, 1.165) is 0 Å². The van der Waals surface area contributed by atoms with Crippen molar-refractivity contribution in [3.63, 3.8) is 0 Å². The zero-order valence-corrected chi connectivity index (χ0v) is 14.6. The van der Waals surface area contributed by atoms with E-state index in [2.05, 4.69) is 16.5 Å². The second kappa shape index (κ2) is 7.41. The summed E-state index contributed by atoms with van der Waals surface area (Å²) >= 11 is 5.96. The molecule has 0 radical (unpaired) electrons. The molecule has 2 N–H and O–H groups in total. The van der Waals surface area contributed by atoms with Crippen LogP contribution in [0.2, 0.25) is 5.02 Å². The van der Waals surface area contributed by atoms with Gasteiger partial charge in [-0.15, -0.1) is 0 Å². The largest absolute Gasteiger partial charge is 0.492 e. The lowest BCUT2D eigenvalue weighted by Crippen LogP contribution is -2.30. The number of allylic oxidation sites excluding steroid dienone is 1. The highest BCUT2D eigenvalue weighted by Crippen LogP contribution is 2.33. The molecule has 7 heteroatoms. The summed E-state index contributed by atoms with van der Waals surface area (Å²) in [6.07, 6.45) is 6.24. The second-order valence-corrected chi connectivity index (χ2v) is 5.63. The second-order valence-electron chi connectivity index (χ2n) is 5.23. The Kier molecular flexibility index (Phi) is 5.04. The van der Waals surface area contributed by atoms with Gasteiger partial charge in [0.25, 0.3) is 0 Å². The number of hydrogen-bond acceptors (Lipinski definition) is 5. The van der Waals surface area contributed by atoms with Crippen LogP contribution in [0.5, 0.6) is 5.75 Å². The predicted octanol–water partition coefficient (Wildman–Crippen LogP) is 2.87. The van der Waals surface area contributed by atoms with Crippen LogP contribution in [-0.2, 0) is 0 Å². The number of hydrogen-bond donors (Lipinski definition) is 1. The zero-order valence-electron chi connectivity index (χ0n) is 13.9. The van der Waals surface area contributed by atoms with E-state index in [1.165, 1.54) is 31.7 Å². The Morgan fingerprint density at radius 1 is 1.31 bits per heavy atom. The van der Waals surface area contributed by atoms with Crippen molar-refractivity contribution in [3.05, 3.63) is 64.2 Å². The highest BCUT2D eigenvalue weighted by Gasteiger charge is 2.18. The Balaban J connectivity index is 2.31. The summed E-state index contributed by atoms with van der Waals surface area (Å²) in [6.45, 7) is 3.94. The monoisotopic (exact) mass is 371 g/mol. The molecular formula is C19H15ClFN3O2. The molecule has 0 saturated carbocycles. The van der Waals surface area contributed by atoms with Gasteiger partial charge in [-0.3, -0.25) is 0 Å². The van der Waals surface area contributed by atoms with Crippen molar-refractivity contribution in [2.45, 2.75) is 0 Å². The van der Waals surface area contributed by atoms with Crippen LogP contribution < -0.4 is 21.0 Å². The minimum Gasteiger partial charge on any atom is -0.492 e. The number of furan rings is 1. The Morgan fingerprint density at radius 3 is 2.77 bits per heavy atom. The van der Waals surface area contributed by atoms with Gasteiger partial charge < -0.3 is 14.9 Å². The minimum absolute atomic E-state index is 0.0698. The number of ether oxygens (including phenoxy) is 1. The van der Waals surface area contributed by atoms with Gasteiger partial charge in [-0.1, -0.05) is 18.2 Å². The third kappa shape index (κ3) is 3.19. The molecule has 3 rings (SSSR count). The van der Waals surface area contributed by atoms with Gasteiger partial charge in [-0.2, -0.15) is 0 Å². The quantitative estimate of drug-likeness (QED) is 0.763. The average molecular weight is 372 g/mol. The van der Waals surface area contributed by atoms with Gasteiger partial charge in [0, 0.05) is 5.22 Å². The van der Waals surface area contributed by atoms with Crippen molar-refractivity contribution in [2.75, 3.05) is 7.11 Å². The Hall–Kier alpha value is -3.12. The first-order chi connectivity index (χ1) is 12.6. The van der Waals surface area contributed by atoms with Gasteiger partial charge in [0.1, 0.15) is 5.69 Å². The highest BCUT2D eigenvalue weighted by molar-refractivity contribution is 6.32. The standard InChI is InChI=1S/C19H15ClFN3O2/c1-11-12(5-3-9-22)17(15-6-4-10-26-15)24-19(23-11)13-7-8-14(20)18(25-2)16(13)21/h3-10H,1,22H2,2H3/b9-3-,12-5+. The molecule has 0 aliphatic carbocycles. The van der Waals surface area contributed by atoms with E-state index in [4.69, 9.17) is 26.5 Å². The summed E-state index contributed by atoms with van der Waals surface area (Å²) in [5, 5.41) is 1.17. The normalized spacial score (nSPS) is 12.0. The first kappa shape index (κ1) is 17.7. The molecule has 5 nitrogen and oxygen atoms in total. The van der Waals surface area contributed by atoms with Crippen LogP contribution in [0.3, 0.4) is 0 Å². The molecule has 0 atom stereocenters. The maximum absolute atomic E-state index is 14.8. The zero-order chi connectivity index (χ0) is 18.7. The third-order valence-corrected chi connectivity index (χ3v) is 3.94. The first-order valence-electron chi connectivity index (χ1n) is 7.58. The maximum Gasteiger partial charge on any atom is 0.177 e. The van der Waals surface area contributed by atoms with Crippen molar-refractivity contribution >= 4 is 24.3 Å². The SMILES string of the molecule is C=c1nc(-c2ccc(Cl)c(OC)c2F)nc(-c2ccco2)/c1=C/C=C\N. The lowest BCUT2D eigenvalue weighted by molar-refractivity contribution is 0.387. The molecular weight excluding hydrogens is 357 g/mol. The first-order valence-corrected chi connectivity index (χ1v) is 7.96. The topological polar surface area (TPSA) is 74.2 Å². The lowest BCUT2D eigenvalue weighted by atomic mass is 10.1. The van der Waals surface area contributed by atoms with E-state index in [1.807, 2.05) is 0 Å². The van der Waals surface area contributed by atoms with Crippen molar-refractivity contribution in [1.29, 1.82) is 0 Å². The lowest BCUT2D eigenvalue weighted by Gasteiger charge is -2.09. The van der Waals surface area contributed by atoms with Crippen molar-refractivity contribution in [3.8, 4) is 28.6 Å². The number of methoxy groups -OCH3 is 1. The number of benzene rings is 1. The van der Waals surface area contributed by atoms with Crippen molar-refractivity contribution in [2.24, 2.45) is 5.73 Å². The van der Waals surface area contributed by atoms with Gasteiger partial charge in [0.2, 0.25) is 0 Å². The van der Waals surface area contributed by atoms with Gasteiger partial charge in [0.15, 0.2) is 23.2 Å². The third-order valence-electron chi connectivity index (χ3n) is 3.65. The molecule has 0 fully saturated rings. The van der Waals surface area contributed by atoms with E-state index in [9.17, 15) is 4.39 Å². The van der Waals surface area contributed by atoms with Crippen molar-refractivity contribution in [1.82, 2.24) is 9.97 Å². The Labute approximate surface area is 153 Å². The van der Waals surface area contributed by atoms with Crippen LogP contribution in [0.1, 0.15) is 0 Å². The summed E-state index contributed by atoms with van der Waals surface area (Å²) in [7, 11) is 1.34. The summed E-state index contributed by atoms with van der Waals surface area (Å²) in [5.41, 5.74) is 6.02. The van der Waals surface area contributed by atoms with Gasteiger partial charge in [0.05, 0.1) is 29.3 Å². The number of nitrogens with zero attached hydrogens (tertiary/aromatic N) is 2. The van der Waals surface area contributed by atoms with E-state index in [-0.39, 0.29) is 22.2 Å². The molecule has 0 aliphatic heterocycles.